The Morgan fingerprint density at radius 2 is 2.31 bits per heavy atom. The van der Waals surface area contributed by atoms with Gasteiger partial charge in [0, 0.05) is 19.6 Å². The van der Waals surface area contributed by atoms with Gasteiger partial charge in [0.15, 0.2) is 0 Å². The van der Waals surface area contributed by atoms with Crippen molar-refractivity contribution < 1.29 is 0 Å². The molecule has 0 aromatic heterocycles. The van der Waals surface area contributed by atoms with Crippen molar-refractivity contribution in [2.24, 2.45) is 5.92 Å². The van der Waals surface area contributed by atoms with Gasteiger partial charge in [0.1, 0.15) is 0 Å². The van der Waals surface area contributed by atoms with Crippen LogP contribution in [0.2, 0.25) is 0 Å². The van der Waals surface area contributed by atoms with E-state index >= 15 is 0 Å². The molecule has 76 valence electrons. The van der Waals surface area contributed by atoms with Crippen LogP contribution in [0.15, 0.2) is 0 Å². The zero-order valence-corrected chi connectivity index (χ0v) is 9.11. The van der Waals surface area contributed by atoms with Crippen LogP contribution in [0.5, 0.6) is 0 Å². The van der Waals surface area contributed by atoms with Crippen molar-refractivity contribution in [3.05, 3.63) is 0 Å². The third-order valence-corrected chi connectivity index (χ3v) is 4.20. The average molecular weight is 200 g/mol. The van der Waals surface area contributed by atoms with Crippen molar-refractivity contribution >= 4 is 11.8 Å². The van der Waals surface area contributed by atoms with Crippen LogP contribution in [-0.4, -0.2) is 49.1 Å². The standard InChI is InChI=1S/C10H20N2S/c1-3-11-4-6-12(5-1)8-10-2-7-13-9-10/h10-11H,1-9H2. The molecular formula is C10H20N2S. The Morgan fingerprint density at radius 3 is 3.15 bits per heavy atom. The Kier molecular flexibility index (Phi) is 3.94. The molecule has 0 aliphatic carbocycles. The van der Waals surface area contributed by atoms with Gasteiger partial charge >= 0.3 is 0 Å². The monoisotopic (exact) mass is 200 g/mol. The van der Waals surface area contributed by atoms with Crippen LogP contribution in [0.3, 0.4) is 0 Å². The van der Waals surface area contributed by atoms with E-state index in [1.165, 1.54) is 57.1 Å². The van der Waals surface area contributed by atoms with Crippen LogP contribution in [0.25, 0.3) is 0 Å². The molecule has 1 unspecified atom stereocenters. The van der Waals surface area contributed by atoms with Crippen molar-refractivity contribution in [1.82, 2.24) is 10.2 Å². The fourth-order valence-electron chi connectivity index (χ4n) is 2.18. The maximum atomic E-state index is 3.46. The second-order valence-corrected chi connectivity index (χ2v) is 5.28. The molecule has 1 N–H and O–H groups in total. The summed E-state index contributed by atoms with van der Waals surface area (Å²) in [6.45, 7) is 6.35. The van der Waals surface area contributed by atoms with Gasteiger partial charge in [0.25, 0.3) is 0 Å². The first-order chi connectivity index (χ1) is 6.45. The van der Waals surface area contributed by atoms with Crippen LogP contribution < -0.4 is 5.32 Å². The molecular weight excluding hydrogens is 180 g/mol. The SMILES string of the molecule is C1CNCCN(CC2CCSC2)C1. The van der Waals surface area contributed by atoms with Crippen LogP contribution in [0.1, 0.15) is 12.8 Å². The molecule has 2 aliphatic rings. The minimum absolute atomic E-state index is 0.989. The predicted octanol–water partition coefficient (Wildman–Crippen LogP) is 1.03. The van der Waals surface area contributed by atoms with Crippen molar-refractivity contribution in [3.8, 4) is 0 Å². The number of nitrogens with zero attached hydrogens (tertiary/aromatic N) is 1. The predicted molar refractivity (Wildman–Crippen MR) is 59.4 cm³/mol. The lowest BCUT2D eigenvalue weighted by Gasteiger charge is -2.22. The summed E-state index contributed by atoms with van der Waals surface area (Å²) < 4.78 is 0. The third-order valence-electron chi connectivity index (χ3n) is 2.97. The van der Waals surface area contributed by atoms with Crippen molar-refractivity contribution in [1.29, 1.82) is 0 Å². The molecule has 2 rings (SSSR count). The molecule has 2 saturated heterocycles. The molecule has 0 amide bonds. The van der Waals surface area contributed by atoms with E-state index < -0.39 is 0 Å². The summed E-state index contributed by atoms with van der Waals surface area (Å²) in [5, 5.41) is 3.46. The summed E-state index contributed by atoms with van der Waals surface area (Å²) in [4.78, 5) is 2.65. The van der Waals surface area contributed by atoms with Gasteiger partial charge in [-0.05, 0) is 43.4 Å². The smallest absolute Gasteiger partial charge is 0.0107 e. The molecule has 0 aromatic rings. The van der Waals surface area contributed by atoms with E-state index in [1.54, 1.807) is 0 Å². The highest BCUT2D eigenvalue weighted by molar-refractivity contribution is 7.99. The first-order valence-electron chi connectivity index (χ1n) is 5.46. The van der Waals surface area contributed by atoms with E-state index in [0.29, 0.717) is 0 Å². The molecule has 2 nitrogen and oxygen atoms in total. The van der Waals surface area contributed by atoms with Crippen LogP contribution >= 0.6 is 11.8 Å². The van der Waals surface area contributed by atoms with Gasteiger partial charge in [-0.1, -0.05) is 0 Å². The Morgan fingerprint density at radius 1 is 1.31 bits per heavy atom. The highest BCUT2D eigenvalue weighted by Crippen LogP contribution is 2.24. The van der Waals surface area contributed by atoms with Gasteiger partial charge in [0.2, 0.25) is 0 Å². The van der Waals surface area contributed by atoms with Gasteiger partial charge in [-0.2, -0.15) is 11.8 Å². The molecule has 2 aliphatic heterocycles. The van der Waals surface area contributed by atoms with E-state index in [1.807, 2.05) is 0 Å². The molecule has 1 atom stereocenters. The van der Waals surface area contributed by atoms with Crippen LogP contribution in [0, 0.1) is 5.92 Å². The second-order valence-electron chi connectivity index (χ2n) is 4.13. The lowest BCUT2D eigenvalue weighted by Crippen LogP contribution is -2.32. The van der Waals surface area contributed by atoms with Gasteiger partial charge in [-0.3, -0.25) is 0 Å². The van der Waals surface area contributed by atoms with E-state index in [9.17, 15) is 0 Å². The highest BCUT2D eigenvalue weighted by Gasteiger charge is 2.19. The number of nitrogens with one attached hydrogen (secondary N) is 1. The Balaban J connectivity index is 1.71. The van der Waals surface area contributed by atoms with E-state index in [-0.39, 0.29) is 0 Å². The lowest BCUT2D eigenvalue weighted by atomic mass is 10.1. The number of rotatable bonds is 2. The van der Waals surface area contributed by atoms with E-state index in [0.717, 1.165) is 5.92 Å². The minimum atomic E-state index is 0.989. The molecule has 0 saturated carbocycles. The summed E-state index contributed by atoms with van der Waals surface area (Å²) >= 11 is 2.13. The normalized spacial score (nSPS) is 31.8. The summed E-state index contributed by atoms with van der Waals surface area (Å²) in [5.41, 5.74) is 0. The molecule has 0 bridgehead atoms. The van der Waals surface area contributed by atoms with E-state index in [4.69, 9.17) is 0 Å². The van der Waals surface area contributed by atoms with Crippen molar-refractivity contribution in [2.75, 3.05) is 44.2 Å². The minimum Gasteiger partial charge on any atom is -0.315 e. The maximum absolute atomic E-state index is 3.46. The topological polar surface area (TPSA) is 15.3 Å². The van der Waals surface area contributed by atoms with Gasteiger partial charge in [0.05, 0.1) is 0 Å². The number of hydrogen-bond acceptors (Lipinski definition) is 3. The second kappa shape index (κ2) is 5.23. The Hall–Kier alpha value is 0.270. The molecule has 3 heteroatoms. The molecule has 2 heterocycles. The Labute approximate surface area is 85.4 Å². The van der Waals surface area contributed by atoms with Crippen LogP contribution in [0.4, 0.5) is 0 Å². The third kappa shape index (κ3) is 3.15. The molecule has 13 heavy (non-hydrogen) atoms. The number of hydrogen-bond donors (Lipinski definition) is 1. The van der Waals surface area contributed by atoms with Gasteiger partial charge in [-0.25, -0.2) is 0 Å². The average Bonchev–Trinajstić information content (AvgIpc) is 2.49. The molecule has 2 fully saturated rings. The summed E-state index contributed by atoms with van der Waals surface area (Å²) in [7, 11) is 0. The molecule has 0 radical (unpaired) electrons. The van der Waals surface area contributed by atoms with Crippen molar-refractivity contribution in [2.45, 2.75) is 12.8 Å². The zero-order chi connectivity index (χ0) is 8.93. The highest BCUT2D eigenvalue weighted by atomic mass is 32.2. The molecule has 0 spiro atoms. The van der Waals surface area contributed by atoms with E-state index in [2.05, 4.69) is 22.0 Å². The first kappa shape index (κ1) is 9.81. The summed E-state index contributed by atoms with van der Waals surface area (Å²) in [5.74, 6) is 3.80. The van der Waals surface area contributed by atoms with Gasteiger partial charge < -0.3 is 10.2 Å². The fraction of sp³-hybridized carbons (Fsp3) is 1.00. The fourth-order valence-corrected chi connectivity index (χ4v) is 3.45. The molecule has 0 aromatic carbocycles. The summed E-state index contributed by atoms with van der Waals surface area (Å²) in [6, 6.07) is 0. The van der Waals surface area contributed by atoms with Crippen molar-refractivity contribution in [3.63, 3.8) is 0 Å². The first-order valence-corrected chi connectivity index (χ1v) is 6.61. The summed E-state index contributed by atoms with van der Waals surface area (Å²) in [6.07, 6.45) is 2.79. The van der Waals surface area contributed by atoms with Crippen LogP contribution in [-0.2, 0) is 0 Å². The quantitative estimate of drug-likeness (QED) is 0.717. The maximum Gasteiger partial charge on any atom is 0.0107 e. The zero-order valence-electron chi connectivity index (χ0n) is 8.30. The Bertz CT molecular complexity index is 138. The number of thioether (sulfide) groups is 1. The lowest BCUT2D eigenvalue weighted by molar-refractivity contribution is 0.254. The van der Waals surface area contributed by atoms with Gasteiger partial charge in [-0.15, -0.1) is 0 Å². The largest absolute Gasteiger partial charge is 0.315 e.